The molecular weight excluding hydrogens is 434 g/mol. The van der Waals surface area contributed by atoms with Crippen LogP contribution in [0.15, 0.2) is 35.5 Å². The average Bonchev–Trinajstić information content (AvgIpc) is 3.44. The second kappa shape index (κ2) is 7.94. The van der Waals surface area contributed by atoms with Gasteiger partial charge in [0.15, 0.2) is 5.82 Å². The summed E-state index contributed by atoms with van der Waals surface area (Å²) in [6.45, 7) is 4.86. The molecule has 0 aliphatic heterocycles. The van der Waals surface area contributed by atoms with Crippen molar-refractivity contribution in [3.63, 3.8) is 0 Å². The summed E-state index contributed by atoms with van der Waals surface area (Å²) in [5, 5.41) is 10.9. The summed E-state index contributed by atoms with van der Waals surface area (Å²) in [7, 11) is -3.80. The third-order valence-corrected chi connectivity index (χ3v) is 7.54. The molecule has 8 nitrogen and oxygen atoms in total. The van der Waals surface area contributed by atoms with Crippen LogP contribution in [0, 0.1) is 6.92 Å². The number of thiazole rings is 1. The standard InChI is InChI=1S/C21H25N5O3S2/c1-12-4-7-14(31(28,29)25-11-21(2,3)27)8-15(12)16-9-23-19(22)18(26-16)17-10-24-20(30-17)13-5-6-13/h4,7-10,13,25,27H,5-6,11H2,1-3H3,(H2,22,23). The Bertz CT molecular complexity index is 1230. The molecule has 2 aromatic heterocycles. The van der Waals surface area contributed by atoms with Crippen LogP contribution in [-0.4, -0.2) is 40.6 Å². The number of benzene rings is 1. The molecule has 0 spiro atoms. The van der Waals surface area contributed by atoms with Crippen molar-refractivity contribution in [2.75, 3.05) is 12.3 Å². The number of nitrogens with one attached hydrogen (secondary N) is 1. The van der Waals surface area contributed by atoms with Gasteiger partial charge in [-0.25, -0.2) is 28.1 Å². The molecule has 4 rings (SSSR count). The van der Waals surface area contributed by atoms with Crippen LogP contribution < -0.4 is 10.5 Å². The molecule has 2 heterocycles. The topological polar surface area (TPSA) is 131 Å². The van der Waals surface area contributed by atoms with Crippen molar-refractivity contribution in [2.45, 2.75) is 50.0 Å². The van der Waals surface area contributed by atoms with Crippen LogP contribution in [0.4, 0.5) is 5.82 Å². The molecule has 164 valence electrons. The molecule has 3 aromatic rings. The van der Waals surface area contributed by atoms with E-state index in [1.807, 2.05) is 6.92 Å². The monoisotopic (exact) mass is 459 g/mol. The molecule has 0 unspecified atom stereocenters. The van der Waals surface area contributed by atoms with E-state index in [0.29, 0.717) is 28.7 Å². The SMILES string of the molecule is Cc1ccc(S(=O)(=O)NCC(C)(C)O)cc1-c1cnc(N)c(-c2cnc(C3CC3)s2)n1. The average molecular weight is 460 g/mol. The molecule has 0 bridgehead atoms. The summed E-state index contributed by atoms with van der Waals surface area (Å²) in [6.07, 6.45) is 5.65. The van der Waals surface area contributed by atoms with Gasteiger partial charge < -0.3 is 10.8 Å². The van der Waals surface area contributed by atoms with Gasteiger partial charge in [0.2, 0.25) is 10.0 Å². The molecular formula is C21H25N5O3S2. The number of sulfonamides is 1. The van der Waals surface area contributed by atoms with Crippen LogP contribution in [0.3, 0.4) is 0 Å². The zero-order chi connectivity index (χ0) is 22.4. The highest BCUT2D eigenvalue weighted by Gasteiger charge is 2.27. The number of aryl methyl sites for hydroxylation is 1. The maximum absolute atomic E-state index is 12.7. The fraction of sp³-hybridized carbons (Fsp3) is 0.381. The summed E-state index contributed by atoms with van der Waals surface area (Å²) < 4.78 is 27.8. The Kier molecular flexibility index (Phi) is 5.59. The fourth-order valence-corrected chi connectivity index (χ4v) is 5.34. The Balaban J connectivity index is 1.70. The lowest BCUT2D eigenvalue weighted by Gasteiger charge is -2.18. The van der Waals surface area contributed by atoms with E-state index in [1.54, 1.807) is 35.9 Å². The third kappa shape index (κ3) is 4.93. The lowest BCUT2D eigenvalue weighted by Crippen LogP contribution is -2.38. The van der Waals surface area contributed by atoms with Gasteiger partial charge in [-0.3, -0.25) is 0 Å². The van der Waals surface area contributed by atoms with Crippen molar-refractivity contribution >= 4 is 27.2 Å². The van der Waals surface area contributed by atoms with Gasteiger partial charge in [-0.2, -0.15) is 0 Å². The lowest BCUT2D eigenvalue weighted by atomic mass is 10.1. The van der Waals surface area contributed by atoms with Gasteiger partial charge in [-0.1, -0.05) is 6.07 Å². The summed E-state index contributed by atoms with van der Waals surface area (Å²) >= 11 is 1.57. The predicted octanol–water partition coefficient (Wildman–Crippen LogP) is 3.08. The molecule has 0 amide bonds. The van der Waals surface area contributed by atoms with Crippen LogP contribution >= 0.6 is 11.3 Å². The minimum Gasteiger partial charge on any atom is -0.389 e. The van der Waals surface area contributed by atoms with Gasteiger partial charge in [0.1, 0.15) is 5.69 Å². The van der Waals surface area contributed by atoms with E-state index < -0.39 is 15.6 Å². The van der Waals surface area contributed by atoms with Crippen LogP contribution in [0.25, 0.3) is 21.8 Å². The normalized spacial score (nSPS) is 14.7. The van der Waals surface area contributed by atoms with Crippen LogP contribution in [0.2, 0.25) is 0 Å². The van der Waals surface area contributed by atoms with Crippen molar-refractivity contribution in [2.24, 2.45) is 0 Å². The van der Waals surface area contributed by atoms with Gasteiger partial charge in [0, 0.05) is 24.2 Å². The quantitative estimate of drug-likeness (QED) is 0.495. The van der Waals surface area contributed by atoms with Crippen molar-refractivity contribution in [3.05, 3.63) is 41.2 Å². The number of nitrogens with zero attached hydrogens (tertiary/aromatic N) is 3. The first kappa shape index (κ1) is 21.8. The largest absolute Gasteiger partial charge is 0.389 e. The molecule has 0 radical (unpaired) electrons. The van der Waals surface area contributed by atoms with E-state index in [-0.39, 0.29) is 11.4 Å². The molecule has 31 heavy (non-hydrogen) atoms. The Morgan fingerprint density at radius 1 is 1.26 bits per heavy atom. The van der Waals surface area contributed by atoms with Crippen LogP contribution in [0.1, 0.15) is 43.2 Å². The number of hydrogen-bond donors (Lipinski definition) is 3. The third-order valence-electron chi connectivity index (χ3n) is 4.97. The minimum atomic E-state index is -3.80. The first-order chi connectivity index (χ1) is 14.5. The number of aliphatic hydroxyl groups is 1. The molecule has 1 aliphatic carbocycles. The van der Waals surface area contributed by atoms with Crippen molar-refractivity contribution in [3.8, 4) is 21.8 Å². The summed E-state index contributed by atoms with van der Waals surface area (Å²) in [4.78, 5) is 14.4. The van der Waals surface area contributed by atoms with Gasteiger partial charge in [0.25, 0.3) is 0 Å². The van der Waals surface area contributed by atoms with Gasteiger partial charge in [-0.15, -0.1) is 11.3 Å². The van der Waals surface area contributed by atoms with Gasteiger partial charge in [-0.05, 0) is 51.3 Å². The number of nitrogen functional groups attached to an aromatic ring is 1. The molecule has 1 aromatic carbocycles. The van der Waals surface area contributed by atoms with E-state index in [4.69, 9.17) is 10.7 Å². The number of hydrogen-bond acceptors (Lipinski definition) is 8. The highest BCUT2D eigenvalue weighted by Crippen LogP contribution is 2.44. The zero-order valence-corrected chi connectivity index (χ0v) is 19.2. The summed E-state index contributed by atoms with van der Waals surface area (Å²) in [5.74, 6) is 0.847. The second-order valence-electron chi connectivity index (χ2n) is 8.44. The van der Waals surface area contributed by atoms with E-state index in [1.165, 1.54) is 19.9 Å². The lowest BCUT2D eigenvalue weighted by molar-refractivity contribution is 0.0857. The van der Waals surface area contributed by atoms with Crippen LogP contribution in [0.5, 0.6) is 0 Å². The van der Waals surface area contributed by atoms with E-state index in [2.05, 4.69) is 14.7 Å². The Hall–Kier alpha value is -2.40. The Morgan fingerprint density at radius 2 is 2.00 bits per heavy atom. The van der Waals surface area contributed by atoms with Crippen molar-refractivity contribution < 1.29 is 13.5 Å². The molecule has 0 atom stereocenters. The predicted molar refractivity (Wildman–Crippen MR) is 121 cm³/mol. The van der Waals surface area contributed by atoms with Gasteiger partial charge in [0.05, 0.1) is 32.3 Å². The van der Waals surface area contributed by atoms with Crippen molar-refractivity contribution in [1.82, 2.24) is 19.7 Å². The zero-order valence-electron chi connectivity index (χ0n) is 17.6. The first-order valence-corrected chi connectivity index (χ1v) is 12.3. The maximum atomic E-state index is 12.7. The van der Waals surface area contributed by atoms with Crippen LogP contribution in [-0.2, 0) is 10.0 Å². The van der Waals surface area contributed by atoms with E-state index in [9.17, 15) is 13.5 Å². The van der Waals surface area contributed by atoms with E-state index in [0.717, 1.165) is 28.3 Å². The Morgan fingerprint density at radius 3 is 2.68 bits per heavy atom. The number of nitrogens with two attached hydrogens (primary N) is 1. The number of aromatic nitrogens is 3. The number of anilines is 1. The molecule has 0 saturated heterocycles. The smallest absolute Gasteiger partial charge is 0.240 e. The Labute approximate surface area is 185 Å². The molecule has 1 fully saturated rings. The van der Waals surface area contributed by atoms with Crippen molar-refractivity contribution in [1.29, 1.82) is 0 Å². The first-order valence-electron chi connectivity index (χ1n) is 9.95. The van der Waals surface area contributed by atoms with E-state index >= 15 is 0 Å². The maximum Gasteiger partial charge on any atom is 0.240 e. The molecule has 10 heteroatoms. The van der Waals surface area contributed by atoms with Gasteiger partial charge >= 0.3 is 0 Å². The fourth-order valence-electron chi connectivity index (χ4n) is 3.02. The second-order valence-corrected chi connectivity index (χ2v) is 11.3. The summed E-state index contributed by atoms with van der Waals surface area (Å²) in [6, 6.07) is 4.82. The summed E-state index contributed by atoms with van der Waals surface area (Å²) in [5.41, 5.74) is 7.52. The number of rotatable bonds is 7. The molecule has 1 saturated carbocycles. The molecule has 1 aliphatic rings. The molecule has 4 N–H and O–H groups in total. The minimum absolute atomic E-state index is 0.0892. The highest BCUT2D eigenvalue weighted by molar-refractivity contribution is 7.89. The highest BCUT2D eigenvalue weighted by atomic mass is 32.2.